The van der Waals surface area contributed by atoms with Crippen molar-refractivity contribution in [2.75, 3.05) is 19.7 Å². The molecule has 0 aliphatic heterocycles. The Morgan fingerprint density at radius 3 is 2.55 bits per heavy atom. The predicted molar refractivity (Wildman–Crippen MR) is 77.7 cm³/mol. The summed E-state index contributed by atoms with van der Waals surface area (Å²) in [4.78, 5) is 34.3. The number of amides is 2. The van der Waals surface area contributed by atoms with Gasteiger partial charge in [0.05, 0.1) is 12.1 Å². The number of hydrogen-bond donors (Lipinski definition) is 2. The molecule has 0 bridgehead atoms. The number of halogens is 1. The first-order chi connectivity index (χ1) is 10.4. The molecule has 0 heterocycles. The van der Waals surface area contributed by atoms with Gasteiger partial charge in [-0.3, -0.25) is 9.59 Å². The van der Waals surface area contributed by atoms with Gasteiger partial charge in [-0.15, -0.1) is 0 Å². The molecule has 0 aliphatic rings. The van der Waals surface area contributed by atoms with Crippen molar-refractivity contribution in [3.63, 3.8) is 0 Å². The van der Waals surface area contributed by atoms with Crippen molar-refractivity contribution < 1.29 is 23.5 Å². The van der Waals surface area contributed by atoms with Gasteiger partial charge in [0.2, 0.25) is 5.91 Å². The Labute approximate surface area is 128 Å². The van der Waals surface area contributed by atoms with Crippen LogP contribution in [0, 0.1) is 12.7 Å². The van der Waals surface area contributed by atoms with E-state index >= 15 is 0 Å². The van der Waals surface area contributed by atoms with E-state index in [0.717, 1.165) is 12.5 Å². The molecule has 1 aromatic carbocycles. The molecule has 0 aromatic heterocycles. The molecule has 0 atom stereocenters. The number of ether oxygens (including phenoxy) is 1. The minimum atomic E-state index is -0.801. The van der Waals surface area contributed by atoms with E-state index in [-0.39, 0.29) is 18.0 Å². The SMILES string of the molecule is CCCNC(=O)CNC(=O)COC(=O)c1ccc(C)c(F)c1. The van der Waals surface area contributed by atoms with Crippen molar-refractivity contribution >= 4 is 17.8 Å². The third-order valence-corrected chi connectivity index (χ3v) is 2.76. The van der Waals surface area contributed by atoms with E-state index in [1.807, 2.05) is 6.92 Å². The van der Waals surface area contributed by atoms with Gasteiger partial charge in [-0.1, -0.05) is 13.0 Å². The summed E-state index contributed by atoms with van der Waals surface area (Å²) in [6.07, 6.45) is 0.796. The number of rotatable bonds is 7. The summed E-state index contributed by atoms with van der Waals surface area (Å²) in [5.74, 6) is -2.24. The quantitative estimate of drug-likeness (QED) is 0.734. The lowest BCUT2D eigenvalue weighted by Crippen LogP contribution is -2.38. The van der Waals surface area contributed by atoms with Gasteiger partial charge in [0.15, 0.2) is 6.61 Å². The number of aryl methyl sites for hydroxylation is 1. The molecule has 0 radical (unpaired) electrons. The van der Waals surface area contributed by atoms with Crippen LogP contribution in [0.2, 0.25) is 0 Å². The Hall–Kier alpha value is -2.44. The molecule has 2 N–H and O–H groups in total. The normalized spacial score (nSPS) is 9.95. The third kappa shape index (κ3) is 5.90. The van der Waals surface area contributed by atoms with Crippen molar-refractivity contribution in [1.82, 2.24) is 10.6 Å². The fourth-order valence-corrected chi connectivity index (χ4v) is 1.49. The van der Waals surface area contributed by atoms with Crippen LogP contribution in [0.1, 0.15) is 29.3 Å². The van der Waals surface area contributed by atoms with Crippen LogP contribution in [0.3, 0.4) is 0 Å². The average molecular weight is 310 g/mol. The van der Waals surface area contributed by atoms with Gasteiger partial charge in [0.25, 0.3) is 5.91 Å². The lowest BCUT2D eigenvalue weighted by molar-refractivity contribution is -0.127. The smallest absolute Gasteiger partial charge is 0.338 e. The van der Waals surface area contributed by atoms with Crippen molar-refractivity contribution in [1.29, 1.82) is 0 Å². The third-order valence-electron chi connectivity index (χ3n) is 2.76. The topological polar surface area (TPSA) is 84.5 Å². The van der Waals surface area contributed by atoms with Gasteiger partial charge < -0.3 is 15.4 Å². The predicted octanol–water partition coefficient (Wildman–Crippen LogP) is 0.933. The lowest BCUT2D eigenvalue weighted by atomic mass is 10.1. The molecule has 0 aliphatic carbocycles. The van der Waals surface area contributed by atoms with E-state index in [0.29, 0.717) is 12.1 Å². The Balaban J connectivity index is 2.35. The highest BCUT2D eigenvalue weighted by Crippen LogP contribution is 2.10. The van der Waals surface area contributed by atoms with E-state index in [2.05, 4.69) is 10.6 Å². The molecule has 2 amide bonds. The molecular weight excluding hydrogens is 291 g/mol. The molecule has 0 unspecified atom stereocenters. The molecule has 120 valence electrons. The molecule has 1 rings (SSSR count). The monoisotopic (exact) mass is 310 g/mol. The Morgan fingerprint density at radius 1 is 1.18 bits per heavy atom. The molecule has 0 spiro atoms. The fraction of sp³-hybridized carbons (Fsp3) is 0.400. The van der Waals surface area contributed by atoms with Gasteiger partial charge in [-0.2, -0.15) is 0 Å². The molecule has 0 saturated heterocycles. The molecule has 0 saturated carbocycles. The van der Waals surface area contributed by atoms with Crippen molar-refractivity contribution in [3.05, 3.63) is 35.1 Å². The van der Waals surface area contributed by atoms with Gasteiger partial charge >= 0.3 is 5.97 Å². The van der Waals surface area contributed by atoms with E-state index < -0.39 is 24.3 Å². The summed E-state index contributed by atoms with van der Waals surface area (Å²) < 4.78 is 18.1. The first kappa shape index (κ1) is 17.6. The second-order valence-electron chi connectivity index (χ2n) is 4.67. The highest BCUT2D eigenvalue weighted by Gasteiger charge is 2.12. The zero-order valence-corrected chi connectivity index (χ0v) is 12.6. The summed E-state index contributed by atoms with van der Waals surface area (Å²) in [5, 5.41) is 4.90. The van der Waals surface area contributed by atoms with Gasteiger partial charge in [-0.25, -0.2) is 9.18 Å². The molecule has 7 heteroatoms. The van der Waals surface area contributed by atoms with Crippen LogP contribution < -0.4 is 10.6 Å². The van der Waals surface area contributed by atoms with Crippen LogP contribution in [0.5, 0.6) is 0 Å². The average Bonchev–Trinajstić information content (AvgIpc) is 2.51. The summed E-state index contributed by atoms with van der Waals surface area (Å²) in [5.41, 5.74) is 0.434. The number of benzene rings is 1. The second kappa shape index (κ2) is 8.76. The second-order valence-corrected chi connectivity index (χ2v) is 4.67. The first-order valence-electron chi connectivity index (χ1n) is 6.90. The molecule has 0 fully saturated rings. The standard InChI is InChI=1S/C15H19FN2O4/c1-3-6-17-13(19)8-18-14(20)9-22-15(21)11-5-4-10(2)12(16)7-11/h4-5,7H,3,6,8-9H2,1-2H3,(H,17,19)(H,18,20). The maximum absolute atomic E-state index is 13.3. The largest absolute Gasteiger partial charge is 0.452 e. The van der Waals surface area contributed by atoms with E-state index in [1.54, 1.807) is 6.92 Å². The maximum atomic E-state index is 13.3. The number of esters is 1. The van der Waals surface area contributed by atoms with Crippen molar-refractivity contribution in [2.45, 2.75) is 20.3 Å². The zero-order chi connectivity index (χ0) is 16.5. The van der Waals surface area contributed by atoms with Gasteiger partial charge in [0, 0.05) is 6.54 Å². The highest BCUT2D eigenvalue weighted by atomic mass is 19.1. The van der Waals surface area contributed by atoms with E-state index in [4.69, 9.17) is 4.74 Å². The Kier molecular flexibility index (Phi) is 7.01. The lowest BCUT2D eigenvalue weighted by Gasteiger charge is -2.07. The number of nitrogens with one attached hydrogen (secondary N) is 2. The van der Waals surface area contributed by atoms with Crippen LogP contribution in [-0.2, 0) is 14.3 Å². The molecule has 22 heavy (non-hydrogen) atoms. The zero-order valence-electron chi connectivity index (χ0n) is 12.6. The summed E-state index contributed by atoms with van der Waals surface area (Å²) in [6.45, 7) is 3.29. The summed E-state index contributed by atoms with van der Waals surface area (Å²) >= 11 is 0. The Bertz CT molecular complexity index is 560. The van der Waals surface area contributed by atoms with Gasteiger partial charge in [0.1, 0.15) is 5.82 Å². The van der Waals surface area contributed by atoms with E-state index in [9.17, 15) is 18.8 Å². The van der Waals surface area contributed by atoms with Gasteiger partial charge in [-0.05, 0) is 31.0 Å². The molecular formula is C15H19FN2O4. The van der Waals surface area contributed by atoms with Crippen LogP contribution in [0.25, 0.3) is 0 Å². The van der Waals surface area contributed by atoms with Crippen molar-refractivity contribution in [3.8, 4) is 0 Å². The summed E-state index contributed by atoms with van der Waals surface area (Å²) in [6, 6.07) is 3.91. The fourth-order valence-electron chi connectivity index (χ4n) is 1.49. The number of carbonyl (C=O) groups excluding carboxylic acids is 3. The minimum absolute atomic E-state index is 0.0246. The van der Waals surface area contributed by atoms with Crippen LogP contribution in [0.15, 0.2) is 18.2 Å². The summed E-state index contributed by atoms with van der Waals surface area (Å²) in [7, 11) is 0. The molecule has 1 aromatic rings. The number of hydrogen-bond acceptors (Lipinski definition) is 4. The highest BCUT2D eigenvalue weighted by molar-refractivity contribution is 5.92. The number of carbonyl (C=O) groups is 3. The van der Waals surface area contributed by atoms with E-state index in [1.165, 1.54) is 12.1 Å². The minimum Gasteiger partial charge on any atom is -0.452 e. The first-order valence-corrected chi connectivity index (χ1v) is 6.90. The van der Waals surface area contributed by atoms with Crippen LogP contribution >= 0.6 is 0 Å². The van der Waals surface area contributed by atoms with Crippen molar-refractivity contribution in [2.24, 2.45) is 0 Å². The Morgan fingerprint density at radius 2 is 1.91 bits per heavy atom. The maximum Gasteiger partial charge on any atom is 0.338 e. The molecule has 6 nitrogen and oxygen atoms in total. The van der Waals surface area contributed by atoms with Crippen LogP contribution in [0.4, 0.5) is 4.39 Å². The van der Waals surface area contributed by atoms with Crippen LogP contribution in [-0.4, -0.2) is 37.5 Å².